The number of nitro benzene ring substituents is 1. The number of hydrogen-bond donors (Lipinski definition) is 1. The Hall–Kier alpha value is -1.95. The minimum absolute atomic E-state index is 0.0313. The van der Waals surface area contributed by atoms with Crippen LogP contribution in [0.15, 0.2) is 18.2 Å². The fraction of sp³-hybridized carbons (Fsp3) is 0.562. The van der Waals surface area contributed by atoms with Crippen molar-refractivity contribution < 1.29 is 14.2 Å². The Morgan fingerprint density at radius 3 is 2.55 bits per heavy atom. The van der Waals surface area contributed by atoms with Crippen molar-refractivity contribution in [3.05, 3.63) is 33.9 Å². The zero-order chi connectivity index (χ0) is 16.3. The number of nitro groups is 1. The van der Waals surface area contributed by atoms with Gasteiger partial charge in [0.15, 0.2) is 6.04 Å². The summed E-state index contributed by atoms with van der Waals surface area (Å²) in [4.78, 5) is 23.0. The summed E-state index contributed by atoms with van der Waals surface area (Å²) in [5.41, 5.74) is 1.10. The van der Waals surface area contributed by atoms with Crippen molar-refractivity contribution in [1.29, 1.82) is 0 Å². The van der Waals surface area contributed by atoms with Crippen LogP contribution in [0.1, 0.15) is 31.7 Å². The molecule has 1 saturated heterocycles. The molecule has 0 bridgehead atoms. The third-order valence-electron chi connectivity index (χ3n) is 4.83. The normalized spacial score (nSPS) is 18.5. The second kappa shape index (κ2) is 6.44. The highest BCUT2D eigenvalue weighted by Gasteiger charge is 2.35. The number of nitrogens with zero attached hydrogens (tertiary/aromatic N) is 2. The van der Waals surface area contributed by atoms with E-state index in [9.17, 15) is 14.9 Å². The number of anilines is 1. The van der Waals surface area contributed by atoms with E-state index in [-0.39, 0.29) is 17.6 Å². The number of amides is 1. The van der Waals surface area contributed by atoms with Gasteiger partial charge in [-0.2, -0.15) is 0 Å². The molecule has 0 aliphatic carbocycles. The summed E-state index contributed by atoms with van der Waals surface area (Å²) < 4.78 is 0.736. The Kier molecular flexibility index (Phi) is 4.81. The van der Waals surface area contributed by atoms with Gasteiger partial charge in [-0.05, 0) is 39.2 Å². The molecule has 0 aromatic heterocycles. The SMILES string of the molecule is Cc1ccc(NC(=O)[C@@H](C)[N+]2(C)CCCCC2)cc1[N+](=O)[O-]. The van der Waals surface area contributed by atoms with E-state index < -0.39 is 4.92 Å². The Morgan fingerprint density at radius 1 is 1.32 bits per heavy atom. The second-order valence-corrected chi connectivity index (χ2v) is 6.41. The fourth-order valence-electron chi connectivity index (χ4n) is 3.04. The lowest BCUT2D eigenvalue weighted by Gasteiger charge is -2.41. The van der Waals surface area contributed by atoms with Crippen LogP contribution in [-0.2, 0) is 4.79 Å². The molecule has 1 aliphatic rings. The first-order chi connectivity index (χ1) is 10.3. The van der Waals surface area contributed by atoms with Crippen molar-refractivity contribution in [3.8, 4) is 0 Å². The first kappa shape index (κ1) is 16.4. The van der Waals surface area contributed by atoms with Gasteiger partial charge in [-0.1, -0.05) is 6.07 Å². The molecule has 1 aromatic rings. The number of likely N-dealkylation sites (tertiary alicyclic amines) is 1. The molecular weight excluding hydrogens is 282 g/mol. The molecule has 6 heteroatoms. The monoisotopic (exact) mass is 306 g/mol. The van der Waals surface area contributed by atoms with E-state index in [1.54, 1.807) is 19.1 Å². The van der Waals surface area contributed by atoms with Gasteiger partial charge in [-0.25, -0.2) is 0 Å². The molecule has 0 unspecified atom stereocenters. The highest BCUT2D eigenvalue weighted by Crippen LogP contribution is 2.24. The maximum atomic E-state index is 12.5. The molecule has 120 valence electrons. The van der Waals surface area contributed by atoms with E-state index in [2.05, 4.69) is 12.4 Å². The van der Waals surface area contributed by atoms with Crippen LogP contribution in [-0.4, -0.2) is 41.5 Å². The van der Waals surface area contributed by atoms with E-state index in [4.69, 9.17) is 0 Å². The van der Waals surface area contributed by atoms with E-state index >= 15 is 0 Å². The Bertz CT molecular complexity index is 580. The van der Waals surface area contributed by atoms with Gasteiger partial charge in [-0.15, -0.1) is 0 Å². The van der Waals surface area contributed by atoms with E-state index in [0.29, 0.717) is 11.3 Å². The fourth-order valence-corrected chi connectivity index (χ4v) is 3.04. The minimum Gasteiger partial charge on any atom is -0.321 e. The van der Waals surface area contributed by atoms with Crippen molar-refractivity contribution in [3.63, 3.8) is 0 Å². The quantitative estimate of drug-likeness (QED) is 0.528. The van der Waals surface area contributed by atoms with Crippen LogP contribution in [0, 0.1) is 17.0 Å². The van der Waals surface area contributed by atoms with E-state index in [0.717, 1.165) is 30.4 Å². The van der Waals surface area contributed by atoms with Gasteiger partial charge in [0.2, 0.25) is 0 Å². The molecule has 1 heterocycles. The third kappa shape index (κ3) is 3.44. The van der Waals surface area contributed by atoms with Gasteiger partial charge >= 0.3 is 0 Å². The number of benzene rings is 1. The topological polar surface area (TPSA) is 72.2 Å². The van der Waals surface area contributed by atoms with Crippen molar-refractivity contribution in [2.45, 2.75) is 39.2 Å². The van der Waals surface area contributed by atoms with Gasteiger partial charge in [0, 0.05) is 17.3 Å². The Morgan fingerprint density at radius 2 is 1.95 bits per heavy atom. The van der Waals surface area contributed by atoms with Crippen LogP contribution in [0.5, 0.6) is 0 Å². The smallest absolute Gasteiger partial charge is 0.282 e. The number of likely N-dealkylation sites (N-methyl/N-ethyl adjacent to an activating group) is 1. The Balaban J connectivity index is 2.11. The Labute approximate surface area is 130 Å². The number of nitrogens with one attached hydrogen (secondary N) is 1. The van der Waals surface area contributed by atoms with E-state index in [1.165, 1.54) is 12.5 Å². The number of aryl methyl sites for hydroxylation is 1. The average molecular weight is 306 g/mol. The predicted molar refractivity (Wildman–Crippen MR) is 85.7 cm³/mol. The lowest BCUT2D eigenvalue weighted by Crippen LogP contribution is -2.58. The minimum atomic E-state index is -0.424. The number of piperidine rings is 1. The first-order valence-corrected chi connectivity index (χ1v) is 7.73. The summed E-state index contributed by atoms with van der Waals surface area (Å²) in [6, 6.07) is 4.63. The number of carbonyl (C=O) groups excluding carboxylic acids is 1. The summed E-state index contributed by atoms with van der Waals surface area (Å²) in [5.74, 6) is -0.0810. The van der Waals surface area contributed by atoms with Crippen LogP contribution in [0.2, 0.25) is 0 Å². The molecule has 0 radical (unpaired) electrons. The number of rotatable bonds is 4. The molecule has 1 atom stereocenters. The maximum absolute atomic E-state index is 12.5. The zero-order valence-corrected chi connectivity index (χ0v) is 13.5. The molecule has 1 fully saturated rings. The number of carbonyl (C=O) groups is 1. The van der Waals surface area contributed by atoms with Gasteiger partial charge in [0.25, 0.3) is 11.6 Å². The van der Waals surface area contributed by atoms with Crippen molar-refractivity contribution in [1.82, 2.24) is 0 Å². The molecule has 0 saturated carbocycles. The van der Waals surface area contributed by atoms with Crippen molar-refractivity contribution in [2.75, 3.05) is 25.5 Å². The molecule has 1 aromatic carbocycles. The van der Waals surface area contributed by atoms with Crippen LogP contribution in [0.3, 0.4) is 0 Å². The van der Waals surface area contributed by atoms with Gasteiger partial charge in [0.1, 0.15) is 0 Å². The highest BCUT2D eigenvalue weighted by atomic mass is 16.6. The average Bonchev–Trinajstić information content (AvgIpc) is 2.48. The van der Waals surface area contributed by atoms with Crippen LogP contribution in [0.25, 0.3) is 0 Å². The van der Waals surface area contributed by atoms with Crippen LogP contribution < -0.4 is 5.32 Å². The summed E-state index contributed by atoms with van der Waals surface area (Å²) >= 11 is 0. The zero-order valence-electron chi connectivity index (χ0n) is 13.5. The third-order valence-corrected chi connectivity index (χ3v) is 4.83. The molecule has 0 spiro atoms. The predicted octanol–water partition coefficient (Wildman–Crippen LogP) is 2.86. The molecule has 2 rings (SSSR count). The molecule has 6 nitrogen and oxygen atoms in total. The summed E-state index contributed by atoms with van der Waals surface area (Å²) in [6.07, 6.45) is 3.51. The van der Waals surface area contributed by atoms with Crippen molar-refractivity contribution in [2.24, 2.45) is 0 Å². The standard InChI is InChI=1S/C16H23N3O3/c1-12-7-8-14(11-15(12)18(21)22)17-16(20)13(2)19(3)9-5-4-6-10-19/h7-8,11,13H,4-6,9-10H2,1-3H3/p+1/t13-/m1/s1. The summed E-state index contributed by atoms with van der Waals surface area (Å²) in [6.45, 7) is 5.63. The van der Waals surface area contributed by atoms with Crippen molar-refractivity contribution >= 4 is 17.3 Å². The van der Waals surface area contributed by atoms with Crippen LogP contribution in [0.4, 0.5) is 11.4 Å². The highest BCUT2D eigenvalue weighted by molar-refractivity contribution is 5.94. The molecule has 1 N–H and O–H groups in total. The summed E-state index contributed by atoms with van der Waals surface area (Å²) in [7, 11) is 2.11. The lowest BCUT2D eigenvalue weighted by atomic mass is 10.0. The van der Waals surface area contributed by atoms with Gasteiger partial charge in [0.05, 0.1) is 25.1 Å². The summed E-state index contributed by atoms with van der Waals surface area (Å²) in [5, 5.41) is 13.8. The maximum Gasteiger partial charge on any atom is 0.282 e. The van der Waals surface area contributed by atoms with Gasteiger partial charge < -0.3 is 9.80 Å². The van der Waals surface area contributed by atoms with Gasteiger partial charge in [-0.3, -0.25) is 14.9 Å². The second-order valence-electron chi connectivity index (χ2n) is 6.41. The van der Waals surface area contributed by atoms with E-state index in [1.807, 2.05) is 6.92 Å². The first-order valence-electron chi connectivity index (χ1n) is 7.73. The molecule has 1 aliphatic heterocycles. The lowest BCUT2D eigenvalue weighted by molar-refractivity contribution is -0.926. The number of quaternary nitrogens is 1. The molecule has 1 amide bonds. The number of hydrogen-bond acceptors (Lipinski definition) is 3. The largest absolute Gasteiger partial charge is 0.321 e. The van der Waals surface area contributed by atoms with Crippen LogP contribution >= 0.6 is 0 Å². The molecule has 22 heavy (non-hydrogen) atoms. The molecular formula is C16H24N3O3+.